The van der Waals surface area contributed by atoms with Crippen LogP contribution in [0.1, 0.15) is 43.2 Å². The van der Waals surface area contributed by atoms with E-state index in [9.17, 15) is 4.79 Å². The van der Waals surface area contributed by atoms with E-state index < -0.39 is 0 Å². The molecule has 0 unspecified atom stereocenters. The fourth-order valence-corrected chi connectivity index (χ4v) is 2.20. The summed E-state index contributed by atoms with van der Waals surface area (Å²) in [7, 11) is 0. The summed E-state index contributed by atoms with van der Waals surface area (Å²) >= 11 is 1.54. The van der Waals surface area contributed by atoms with Gasteiger partial charge >= 0.3 is 0 Å². The number of aromatic nitrogens is 1. The molecule has 0 radical (unpaired) electrons. The quantitative estimate of drug-likeness (QED) is 0.886. The van der Waals surface area contributed by atoms with Crippen molar-refractivity contribution in [2.45, 2.75) is 39.3 Å². The van der Waals surface area contributed by atoms with Crippen molar-refractivity contribution in [1.82, 2.24) is 10.3 Å². The Morgan fingerprint density at radius 1 is 1.43 bits per heavy atom. The zero-order chi connectivity index (χ0) is 15.3. The molecule has 0 aliphatic carbocycles. The third-order valence-electron chi connectivity index (χ3n) is 3.30. The predicted octanol–water partition coefficient (Wildman–Crippen LogP) is 3.64. The van der Waals surface area contributed by atoms with Gasteiger partial charge in [0.25, 0.3) is 5.91 Å². The van der Waals surface area contributed by atoms with Gasteiger partial charge in [-0.3, -0.25) is 4.79 Å². The molecule has 1 N–H and O–H groups in total. The number of benzene rings is 1. The van der Waals surface area contributed by atoms with Crippen LogP contribution in [0.3, 0.4) is 0 Å². The van der Waals surface area contributed by atoms with Gasteiger partial charge in [-0.05, 0) is 38.5 Å². The molecular weight excluding hydrogens is 284 g/mol. The molecular formula is C16H20N2O2S. The second kappa shape index (κ2) is 6.72. The summed E-state index contributed by atoms with van der Waals surface area (Å²) in [5, 5.41) is 4.96. The molecule has 0 saturated heterocycles. The summed E-state index contributed by atoms with van der Waals surface area (Å²) in [6, 6.07) is 7.21. The topological polar surface area (TPSA) is 51.2 Å². The molecule has 5 heteroatoms. The maximum Gasteiger partial charge on any atom is 0.251 e. The number of carbonyl (C=O) groups excluding carboxylic acids is 1. The Labute approximate surface area is 129 Å². The Morgan fingerprint density at radius 2 is 2.24 bits per heavy atom. The third kappa shape index (κ3) is 4.56. The van der Waals surface area contributed by atoms with Crippen LogP contribution < -0.4 is 10.1 Å². The molecule has 1 aromatic carbocycles. The van der Waals surface area contributed by atoms with Crippen LogP contribution in [0.25, 0.3) is 0 Å². The predicted molar refractivity (Wildman–Crippen MR) is 84.7 cm³/mol. The molecule has 0 spiro atoms. The molecule has 0 atom stereocenters. The molecule has 21 heavy (non-hydrogen) atoms. The van der Waals surface area contributed by atoms with E-state index in [-0.39, 0.29) is 11.4 Å². The monoisotopic (exact) mass is 304 g/mol. The second-order valence-electron chi connectivity index (χ2n) is 5.49. The van der Waals surface area contributed by atoms with Crippen molar-refractivity contribution in [2.75, 3.05) is 0 Å². The van der Waals surface area contributed by atoms with Gasteiger partial charge in [-0.1, -0.05) is 13.0 Å². The van der Waals surface area contributed by atoms with E-state index in [2.05, 4.69) is 10.3 Å². The van der Waals surface area contributed by atoms with E-state index in [0.717, 1.165) is 12.1 Å². The lowest BCUT2D eigenvalue weighted by Crippen LogP contribution is -2.42. The van der Waals surface area contributed by atoms with Crippen LogP contribution in [-0.2, 0) is 6.61 Å². The molecule has 112 valence electrons. The smallest absolute Gasteiger partial charge is 0.251 e. The Kier molecular flexibility index (Phi) is 4.96. The van der Waals surface area contributed by atoms with Gasteiger partial charge in [-0.25, -0.2) is 4.98 Å². The summed E-state index contributed by atoms with van der Waals surface area (Å²) in [4.78, 5) is 16.4. The molecule has 1 amide bonds. The van der Waals surface area contributed by atoms with E-state index >= 15 is 0 Å². The van der Waals surface area contributed by atoms with Crippen LogP contribution in [0.2, 0.25) is 0 Å². The van der Waals surface area contributed by atoms with Gasteiger partial charge in [-0.15, -0.1) is 11.3 Å². The van der Waals surface area contributed by atoms with Crippen molar-refractivity contribution >= 4 is 17.2 Å². The summed E-state index contributed by atoms with van der Waals surface area (Å²) in [5.41, 5.74) is 3.05. The molecule has 0 fully saturated rings. The standard InChI is InChI=1S/C16H20N2O2S/c1-4-16(2,3)18-15(19)12-6-5-7-14(8-12)20-9-13-10-21-11-17-13/h5-8,10-11H,4,9H2,1-3H3,(H,18,19). The minimum absolute atomic E-state index is 0.0824. The van der Waals surface area contributed by atoms with Crippen LogP contribution >= 0.6 is 11.3 Å². The van der Waals surface area contributed by atoms with Crippen LogP contribution in [0.4, 0.5) is 0 Å². The number of carbonyl (C=O) groups is 1. The van der Waals surface area contributed by atoms with Crippen LogP contribution in [0.5, 0.6) is 5.75 Å². The number of thiazole rings is 1. The lowest BCUT2D eigenvalue weighted by atomic mass is 10.0. The second-order valence-corrected chi connectivity index (χ2v) is 6.21. The first-order valence-corrected chi connectivity index (χ1v) is 7.87. The number of ether oxygens (including phenoxy) is 1. The molecule has 1 heterocycles. The van der Waals surface area contributed by atoms with E-state index in [0.29, 0.717) is 17.9 Å². The van der Waals surface area contributed by atoms with Gasteiger partial charge in [0.15, 0.2) is 0 Å². The van der Waals surface area contributed by atoms with Gasteiger partial charge in [0.2, 0.25) is 0 Å². The number of amides is 1. The van der Waals surface area contributed by atoms with E-state index in [1.807, 2.05) is 38.3 Å². The number of rotatable bonds is 6. The number of nitrogens with zero attached hydrogens (tertiary/aromatic N) is 1. The highest BCUT2D eigenvalue weighted by atomic mass is 32.1. The fourth-order valence-electron chi connectivity index (χ4n) is 1.66. The SMILES string of the molecule is CCC(C)(C)NC(=O)c1cccc(OCc2cscn2)c1. The number of nitrogens with one attached hydrogen (secondary N) is 1. The lowest BCUT2D eigenvalue weighted by Gasteiger charge is -2.24. The Hall–Kier alpha value is -1.88. The molecule has 0 aliphatic rings. The summed E-state index contributed by atoms with van der Waals surface area (Å²) in [6.07, 6.45) is 0.874. The van der Waals surface area contributed by atoms with Gasteiger partial charge in [0.1, 0.15) is 12.4 Å². The first-order chi connectivity index (χ1) is 10.00. The summed E-state index contributed by atoms with van der Waals surface area (Å²) < 4.78 is 5.66. The maximum absolute atomic E-state index is 12.2. The normalized spacial score (nSPS) is 11.2. The van der Waals surface area contributed by atoms with Crippen molar-refractivity contribution < 1.29 is 9.53 Å². The summed E-state index contributed by atoms with van der Waals surface area (Å²) in [5.74, 6) is 0.589. The van der Waals surface area contributed by atoms with Crippen LogP contribution in [0.15, 0.2) is 35.2 Å². The Balaban J connectivity index is 2.01. The van der Waals surface area contributed by atoms with Gasteiger partial charge < -0.3 is 10.1 Å². The van der Waals surface area contributed by atoms with E-state index in [4.69, 9.17) is 4.74 Å². The summed E-state index contributed by atoms with van der Waals surface area (Å²) in [6.45, 7) is 6.48. The van der Waals surface area contributed by atoms with Gasteiger partial charge in [0.05, 0.1) is 11.2 Å². The third-order valence-corrected chi connectivity index (χ3v) is 3.94. The minimum atomic E-state index is -0.214. The largest absolute Gasteiger partial charge is 0.487 e. The van der Waals surface area contributed by atoms with Crippen LogP contribution in [0, 0.1) is 0 Å². The fraction of sp³-hybridized carbons (Fsp3) is 0.375. The molecule has 0 aliphatic heterocycles. The average molecular weight is 304 g/mol. The van der Waals surface area contributed by atoms with Crippen LogP contribution in [-0.4, -0.2) is 16.4 Å². The van der Waals surface area contributed by atoms with Crippen molar-refractivity contribution in [3.05, 3.63) is 46.4 Å². The number of hydrogen-bond acceptors (Lipinski definition) is 4. The zero-order valence-corrected chi connectivity index (χ0v) is 13.4. The van der Waals surface area contributed by atoms with Gasteiger partial charge in [0, 0.05) is 16.5 Å². The van der Waals surface area contributed by atoms with E-state index in [1.165, 1.54) is 11.3 Å². The van der Waals surface area contributed by atoms with Gasteiger partial charge in [-0.2, -0.15) is 0 Å². The zero-order valence-electron chi connectivity index (χ0n) is 12.6. The Bertz CT molecular complexity index is 594. The first-order valence-electron chi connectivity index (χ1n) is 6.92. The molecule has 2 aromatic rings. The Morgan fingerprint density at radius 3 is 2.90 bits per heavy atom. The van der Waals surface area contributed by atoms with Crippen molar-refractivity contribution in [3.8, 4) is 5.75 Å². The molecule has 4 nitrogen and oxygen atoms in total. The molecule has 0 bridgehead atoms. The highest BCUT2D eigenvalue weighted by Crippen LogP contribution is 2.16. The lowest BCUT2D eigenvalue weighted by molar-refractivity contribution is 0.0910. The molecule has 1 aromatic heterocycles. The van der Waals surface area contributed by atoms with E-state index in [1.54, 1.807) is 17.6 Å². The highest BCUT2D eigenvalue weighted by molar-refractivity contribution is 7.07. The molecule has 2 rings (SSSR count). The first kappa shape index (κ1) is 15.5. The molecule has 0 saturated carbocycles. The maximum atomic E-state index is 12.2. The minimum Gasteiger partial charge on any atom is -0.487 e. The van der Waals surface area contributed by atoms with Crippen molar-refractivity contribution in [2.24, 2.45) is 0 Å². The average Bonchev–Trinajstić information content (AvgIpc) is 2.98. The number of hydrogen-bond donors (Lipinski definition) is 1. The van der Waals surface area contributed by atoms with Crippen molar-refractivity contribution in [3.63, 3.8) is 0 Å². The highest BCUT2D eigenvalue weighted by Gasteiger charge is 2.18. The van der Waals surface area contributed by atoms with Crippen molar-refractivity contribution in [1.29, 1.82) is 0 Å².